The summed E-state index contributed by atoms with van der Waals surface area (Å²) in [7, 11) is 1.56. The number of thiocarbonyl (C=S) groups is 1. The van der Waals surface area contributed by atoms with Crippen molar-refractivity contribution in [2.75, 3.05) is 20.3 Å². The molecule has 0 saturated carbocycles. The van der Waals surface area contributed by atoms with Gasteiger partial charge in [0.15, 0.2) is 23.2 Å². The lowest BCUT2D eigenvalue weighted by Gasteiger charge is -2.30. The van der Waals surface area contributed by atoms with Crippen molar-refractivity contribution in [2.24, 2.45) is 5.10 Å². The topological polar surface area (TPSA) is 120 Å². The van der Waals surface area contributed by atoms with E-state index in [0.29, 0.717) is 55.8 Å². The molecule has 0 bridgehead atoms. The minimum Gasteiger partial charge on any atom is -0.493 e. The largest absolute Gasteiger partial charge is 0.493 e. The summed E-state index contributed by atoms with van der Waals surface area (Å²) in [5.74, 6) is 0.521. The van der Waals surface area contributed by atoms with E-state index in [1.54, 1.807) is 51.3 Å². The number of halogens is 1. The van der Waals surface area contributed by atoms with Crippen molar-refractivity contribution in [3.8, 4) is 17.2 Å². The van der Waals surface area contributed by atoms with E-state index in [2.05, 4.69) is 37.1 Å². The highest BCUT2D eigenvalue weighted by Gasteiger charge is 2.32. The van der Waals surface area contributed by atoms with Crippen molar-refractivity contribution in [3.63, 3.8) is 0 Å². The predicted molar refractivity (Wildman–Crippen MR) is 175 cm³/mol. The van der Waals surface area contributed by atoms with Gasteiger partial charge in [-0.15, -0.1) is 0 Å². The smallest absolute Gasteiger partial charge is 0.338 e. The minimum atomic E-state index is -0.628. The maximum Gasteiger partial charge on any atom is 0.338 e. The van der Waals surface area contributed by atoms with E-state index < -0.39 is 17.9 Å². The number of hydrazone groups is 1. The molecular formula is C32H33BrN4O6S. The van der Waals surface area contributed by atoms with Gasteiger partial charge in [0.2, 0.25) is 0 Å². The van der Waals surface area contributed by atoms with Crippen LogP contribution in [0, 0.1) is 6.92 Å². The first-order valence-corrected chi connectivity index (χ1v) is 14.9. The van der Waals surface area contributed by atoms with Gasteiger partial charge in [-0.25, -0.2) is 10.2 Å². The van der Waals surface area contributed by atoms with Crippen molar-refractivity contribution in [1.29, 1.82) is 0 Å². The lowest BCUT2D eigenvalue weighted by molar-refractivity contribution is -0.139. The number of nitrogens with one attached hydrogen (secondary N) is 3. The highest BCUT2D eigenvalue weighted by Crippen LogP contribution is 2.35. The molecule has 0 spiro atoms. The van der Waals surface area contributed by atoms with Crippen LogP contribution in [-0.2, 0) is 20.9 Å². The van der Waals surface area contributed by atoms with Gasteiger partial charge in [-0.05, 0) is 72.7 Å². The number of rotatable bonds is 12. The highest BCUT2D eigenvalue weighted by molar-refractivity contribution is 9.10. The second-order valence-corrected chi connectivity index (χ2v) is 11.0. The van der Waals surface area contributed by atoms with Gasteiger partial charge in [0.05, 0.1) is 31.5 Å². The second kappa shape index (κ2) is 15.3. The van der Waals surface area contributed by atoms with Gasteiger partial charge in [-0.1, -0.05) is 48.0 Å². The number of amides is 1. The Morgan fingerprint density at radius 1 is 1.05 bits per heavy atom. The summed E-state index contributed by atoms with van der Waals surface area (Å²) in [5, 5.41) is 10.5. The van der Waals surface area contributed by atoms with Crippen molar-refractivity contribution in [1.82, 2.24) is 16.1 Å². The molecule has 1 heterocycles. The summed E-state index contributed by atoms with van der Waals surface area (Å²) >= 11 is 8.86. The van der Waals surface area contributed by atoms with Crippen LogP contribution in [0.5, 0.6) is 17.2 Å². The number of esters is 1. The standard InChI is InChI=1S/C32H33BrN4O6S/c1-5-41-31(39)29-20(3)35-32(44)36-30(29)23-8-6-7-9-25(23)43-18-28(38)37-34-16-22-14-26(40-4)27(15-24(22)33)42-17-21-12-10-19(2)11-13-21/h6-16,30H,5,17-18H2,1-4H3,(H,37,38)(H2,35,36,44)/t30-/m0/s1. The van der Waals surface area contributed by atoms with Gasteiger partial charge >= 0.3 is 5.97 Å². The molecule has 1 atom stereocenters. The summed E-state index contributed by atoms with van der Waals surface area (Å²) in [6.07, 6.45) is 1.49. The molecule has 10 nitrogen and oxygen atoms in total. The van der Waals surface area contributed by atoms with Crippen molar-refractivity contribution in [2.45, 2.75) is 33.4 Å². The fraction of sp³-hybridized carbons (Fsp3) is 0.250. The lowest BCUT2D eigenvalue weighted by atomic mass is 9.95. The van der Waals surface area contributed by atoms with E-state index in [-0.39, 0.29) is 13.2 Å². The quantitative estimate of drug-likeness (QED) is 0.102. The zero-order valence-electron chi connectivity index (χ0n) is 24.7. The Hall–Kier alpha value is -4.42. The molecule has 230 valence electrons. The first-order valence-electron chi connectivity index (χ1n) is 13.7. The second-order valence-electron chi connectivity index (χ2n) is 9.71. The Labute approximate surface area is 269 Å². The van der Waals surface area contributed by atoms with E-state index in [4.69, 9.17) is 31.2 Å². The number of hydrogen-bond donors (Lipinski definition) is 3. The maximum absolute atomic E-state index is 12.8. The fourth-order valence-corrected chi connectivity index (χ4v) is 5.07. The molecule has 3 N–H and O–H groups in total. The van der Waals surface area contributed by atoms with Crippen LogP contribution < -0.4 is 30.3 Å². The normalized spacial score (nSPS) is 14.5. The number of para-hydroxylation sites is 1. The van der Waals surface area contributed by atoms with Crippen molar-refractivity contribution < 1.29 is 28.5 Å². The van der Waals surface area contributed by atoms with Crippen molar-refractivity contribution in [3.05, 3.63) is 98.7 Å². The number of allylic oxidation sites excluding steroid dienone is 1. The maximum atomic E-state index is 12.8. The molecule has 44 heavy (non-hydrogen) atoms. The van der Waals surface area contributed by atoms with Crippen LogP contribution in [0.3, 0.4) is 0 Å². The Bertz CT molecular complexity index is 1590. The average molecular weight is 682 g/mol. The molecule has 0 radical (unpaired) electrons. The number of nitrogens with zero attached hydrogens (tertiary/aromatic N) is 1. The van der Waals surface area contributed by atoms with Crippen LogP contribution in [0.15, 0.2) is 81.5 Å². The number of carbonyl (C=O) groups excluding carboxylic acids is 2. The summed E-state index contributed by atoms with van der Waals surface area (Å²) in [4.78, 5) is 25.4. The molecule has 1 aliphatic heterocycles. The fourth-order valence-electron chi connectivity index (χ4n) is 4.37. The number of ether oxygens (including phenoxy) is 4. The molecule has 0 aliphatic carbocycles. The zero-order valence-corrected chi connectivity index (χ0v) is 27.1. The van der Waals surface area contributed by atoms with Crippen LogP contribution in [0.25, 0.3) is 0 Å². The molecule has 3 aromatic rings. The molecular weight excluding hydrogens is 648 g/mol. The molecule has 0 fully saturated rings. The number of benzene rings is 3. The summed E-state index contributed by atoms with van der Waals surface area (Å²) < 4.78 is 23.3. The lowest BCUT2D eigenvalue weighted by Crippen LogP contribution is -2.45. The number of methoxy groups -OCH3 is 1. The SMILES string of the molecule is CCOC(=O)C1=C(C)NC(=S)N[C@H]1c1ccccc1OCC(=O)NN=Cc1cc(OC)c(OCc2ccc(C)cc2)cc1Br. The third-order valence-corrected chi connectivity index (χ3v) is 7.45. The van der Waals surface area contributed by atoms with E-state index >= 15 is 0 Å². The minimum absolute atomic E-state index is 0.223. The Kier molecular flexibility index (Phi) is 11.3. The van der Waals surface area contributed by atoms with Crippen LogP contribution >= 0.6 is 28.1 Å². The Morgan fingerprint density at radius 2 is 1.80 bits per heavy atom. The molecule has 0 saturated heterocycles. The first kappa shape index (κ1) is 32.5. The van der Waals surface area contributed by atoms with Gasteiger partial charge in [0.25, 0.3) is 5.91 Å². The van der Waals surface area contributed by atoms with Crippen LogP contribution in [0.2, 0.25) is 0 Å². The van der Waals surface area contributed by atoms with Crippen LogP contribution in [-0.4, -0.2) is 43.5 Å². The number of hydrogen-bond acceptors (Lipinski definition) is 8. The number of carbonyl (C=O) groups is 2. The molecule has 3 aromatic carbocycles. The van der Waals surface area contributed by atoms with E-state index in [1.807, 2.05) is 37.3 Å². The molecule has 4 rings (SSSR count). The Morgan fingerprint density at radius 3 is 2.52 bits per heavy atom. The third-order valence-electron chi connectivity index (χ3n) is 6.54. The van der Waals surface area contributed by atoms with Gasteiger partial charge in [-0.3, -0.25) is 4.79 Å². The third kappa shape index (κ3) is 8.35. The van der Waals surface area contributed by atoms with Gasteiger partial charge in [-0.2, -0.15) is 5.10 Å². The van der Waals surface area contributed by atoms with Gasteiger partial charge < -0.3 is 29.6 Å². The molecule has 0 aromatic heterocycles. The molecule has 0 unspecified atom stereocenters. The zero-order chi connectivity index (χ0) is 31.6. The van der Waals surface area contributed by atoms with Gasteiger partial charge in [0, 0.05) is 21.3 Å². The van der Waals surface area contributed by atoms with Crippen LogP contribution in [0.4, 0.5) is 0 Å². The van der Waals surface area contributed by atoms with Crippen molar-refractivity contribution >= 4 is 51.4 Å². The first-order chi connectivity index (χ1) is 21.2. The van der Waals surface area contributed by atoms with E-state index in [0.717, 1.165) is 5.56 Å². The van der Waals surface area contributed by atoms with Crippen LogP contribution in [0.1, 0.15) is 42.1 Å². The van der Waals surface area contributed by atoms with E-state index in [1.165, 1.54) is 11.8 Å². The van der Waals surface area contributed by atoms with Gasteiger partial charge in [0.1, 0.15) is 12.4 Å². The molecule has 1 amide bonds. The summed E-state index contributed by atoms with van der Waals surface area (Å²) in [5.41, 5.74) is 6.92. The molecule has 1 aliphatic rings. The summed E-state index contributed by atoms with van der Waals surface area (Å²) in [6.45, 7) is 5.81. The Balaban J connectivity index is 1.39. The highest BCUT2D eigenvalue weighted by atomic mass is 79.9. The summed E-state index contributed by atoms with van der Waals surface area (Å²) in [6, 6.07) is 18.1. The average Bonchev–Trinajstić information content (AvgIpc) is 3.00. The monoisotopic (exact) mass is 680 g/mol. The van der Waals surface area contributed by atoms with E-state index in [9.17, 15) is 9.59 Å². The molecule has 12 heteroatoms. The number of aryl methyl sites for hydroxylation is 1. The predicted octanol–water partition coefficient (Wildman–Crippen LogP) is 5.23.